The van der Waals surface area contributed by atoms with Gasteiger partial charge in [-0.3, -0.25) is 4.90 Å². The van der Waals surface area contributed by atoms with Gasteiger partial charge in [0.1, 0.15) is 28.3 Å². The van der Waals surface area contributed by atoms with E-state index in [4.69, 9.17) is 9.47 Å². The second-order valence-electron chi connectivity index (χ2n) is 7.41. The van der Waals surface area contributed by atoms with Crippen molar-refractivity contribution in [3.63, 3.8) is 0 Å². The Labute approximate surface area is 179 Å². The van der Waals surface area contributed by atoms with Crippen LogP contribution in [-0.4, -0.2) is 65.8 Å². The molecule has 158 valence electrons. The van der Waals surface area contributed by atoms with Crippen LogP contribution in [0.25, 0.3) is 11.0 Å². The fraction of sp³-hybridized carbons (Fsp3) is 0.400. The van der Waals surface area contributed by atoms with Crippen LogP contribution in [0.5, 0.6) is 5.75 Å². The minimum absolute atomic E-state index is 0.196. The zero-order chi connectivity index (χ0) is 20.6. The van der Waals surface area contributed by atoms with E-state index < -0.39 is 10.0 Å². The summed E-state index contributed by atoms with van der Waals surface area (Å²) in [5, 5.41) is 0. The van der Waals surface area contributed by atoms with Crippen LogP contribution >= 0.6 is 11.7 Å². The summed E-state index contributed by atoms with van der Waals surface area (Å²) in [6.07, 6.45) is 0. The third-order valence-corrected chi connectivity index (χ3v) is 7.87. The van der Waals surface area contributed by atoms with Crippen LogP contribution in [0.3, 0.4) is 0 Å². The average molecular weight is 447 g/mol. The molecule has 2 aromatic carbocycles. The molecule has 5 rings (SSSR count). The van der Waals surface area contributed by atoms with E-state index in [1.54, 1.807) is 18.2 Å². The van der Waals surface area contributed by atoms with Gasteiger partial charge in [0.25, 0.3) is 0 Å². The Morgan fingerprint density at radius 3 is 2.77 bits per heavy atom. The van der Waals surface area contributed by atoms with E-state index >= 15 is 0 Å². The predicted molar refractivity (Wildman–Crippen MR) is 113 cm³/mol. The smallest absolute Gasteiger partial charge is 0.245 e. The molecule has 0 atom stereocenters. The van der Waals surface area contributed by atoms with E-state index in [2.05, 4.69) is 25.8 Å². The Morgan fingerprint density at radius 2 is 1.90 bits per heavy atom. The minimum Gasteiger partial charge on any atom is -0.492 e. The third kappa shape index (κ3) is 3.81. The second kappa shape index (κ2) is 8.20. The number of hydrogen-bond acceptors (Lipinski definition) is 8. The van der Waals surface area contributed by atoms with E-state index in [1.807, 2.05) is 6.07 Å². The third-order valence-electron chi connectivity index (χ3n) is 5.45. The highest BCUT2D eigenvalue weighted by atomic mass is 32.2. The molecule has 0 unspecified atom stereocenters. The summed E-state index contributed by atoms with van der Waals surface area (Å²) < 4.78 is 48.0. The van der Waals surface area contributed by atoms with Crippen molar-refractivity contribution in [2.45, 2.75) is 18.0 Å². The molecule has 3 aromatic rings. The van der Waals surface area contributed by atoms with Gasteiger partial charge in [-0.15, -0.1) is 0 Å². The predicted octanol–water partition coefficient (Wildman–Crippen LogP) is 2.11. The molecule has 0 radical (unpaired) electrons. The Morgan fingerprint density at radius 1 is 1.03 bits per heavy atom. The maximum absolute atomic E-state index is 13.4. The zero-order valence-corrected chi connectivity index (χ0v) is 18.0. The highest BCUT2D eigenvalue weighted by molar-refractivity contribution is 7.89. The molecule has 0 bridgehead atoms. The number of nitrogens with zero attached hydrogens (tertiary/aromatic N) is 4. The van der Waals surface area contributed by atoms with E-state index in [0.29, 0.717) is 17.6 Å². The van der Waals surface area contributed by atoms with Crippen molar-refractivity contribution in [3.8, 4) is 5.75 Å². The molecule has 0 N–H and O–H groups in total. The molecule has 2 aliphatic rings. The highest BCUT2D eigenvalue weighted by Gasteiger charge is 2.30. The van der Waals surface area contributed by atoms with Crippen molar-refractivity contribution in [2.75, 3.05) is 39.5 Å². The maximum Gasteiger partial charge on any atom is 0.245 e. The van der Waals surface area contributed by atoms with Crippen molar-refractivity contribution >= 4 is 32.8 Å². The van der Waals surface area contributed by atoms with Gasteiger partial charge in [-0.1, -0.05) is 12.1 Å². The maximum atomic E-state index is 13.4. The molecular weight excluding hydrogens is 424 g/mol. The van der Waals surface area contributed by atoms with Gasteiger partial charge in [-0.05, 0) is 29.8 Å². The average Bonchev–Trinajstić information content (AvgIpc) is 3.13. The van der Waals surface area contributed by atoms with Crippen molar-refractivity contribution in [3.05, 3.63) is 47.5 Å². The first-order valence-electron chi connectivity index (χ1n) is 9.87. The molecule has 2 aliphatic heterocycles. The molecule has 0 aliphatic carbocycles. The molecule has 10 heteroatoms. The van der Waals surface area contributed by atoms with Gasteiger partial charge in [0.15, 0.2) is 0 Å². The first-order chi connectivity index (χ1) is 14.6. The number of ether oxygens (including phenoxy) is 2. The lowest BCUT2D eigenvalue weighted by Crippen LogP contribution is -2.35. The minimum atomic E-state index is -3.73. The number of aromatic nitrogens is 2. The molecular formula is C20H22N4O4S2. The van der Waals surface area contributed by atoms with Crippen LogP contribution in [0.1, 0.15) is 11.1 Å². The number of sulfonamides is 1. The van der Waals surface area contributed by atoms with Crippen molar-refractivity contribution in [1.82, 2.24) is 18.0 Å². The Bertz CT molecular complexity index is 1160. The van der Waals surface area contributed by atoms with Crippen LogP contribution in [-0.2, 0) is 27.8 Å². The lowest BCUT2D eigenvalue weighted by molar-refractivity contribution is 0.0342. The summed E-state index contributed by atoms with van der Waals surface area (Å²) >= 11 is 1.02. The van der Waals surface area contributed by atoms with Crippen LogP contribution < -0.4 is 4.74 Å². The largest absolute Gasteiger partial charge is 0.492 e. The molecule has 0 saturated carbocycles. The van der Waals surface area contributed by atoms with Crippen LogP contribution in [0, 0.1) is 0 Å². The molecule has 3 heterocycles. The molecule has 1 fully saturated rings. The fourth-order valence-electron chi connectivity index (χ4n) is 3.87. The van der Waals surface area contributed by atoms with Gasteiger partial charge < -0.3 is 9.47 Å². The number of hydrogen-bond donors (Lipinski definition) is 0. The summed E-state index contributed by atoms with van der Waals surface area (Å²) in [4.78, 5) is 2.54. The van der Waals surface area contributed by atoms with E-state index in [9.17, 15) is 8.42 Å². The Hall–Kier alpha value is -2.11. The first-order valence-corrected chi connectivity index (χ1v) is 12.0. The molecule has 0 amide bonds. The summed E-state index contributed by atoms with van der Waals surface area (Å²) in [5.41, 5.74) is 3.05. The number of morpholine rings is 1. The molecule has 30 heavy (non-hydrogen) atoms. The Balaban J connectivity index is 1.43. The van der Waals surface area contributed by atoms with E-state index in [1.165, 1.54) is 4.31 Å². The van der Waals surface area contributed by atoms with Gasteiger partial charge in [0.2, 0.25) is 10.0 Å². The first kappa shape index (κ1) is 19.8. The van der Waals surface area contributed by atoms with Gasteiger partial charge in [0.05, 0.1) is 24.9 Å². The fourth-order valence-corrected chi connectivity index (χ4v) is 6.03. The lowest BCUT2D eigenvalue weighted by atomic mass is 10.1. The zero-order valence-electron chi connectivity index (χ0n) is 16.4. The molecule has 0 spiro atoms. The normalized spacial score (nSPS) is 18.7. The topological polar surface area (TPSA) is 84.9 Å². The summed E-state index contributed by atoms with van der Waals surface area (Å²) in [6.45, 7) is 4.97. The highest BCUT2D eigenvalue weighted by Crippen LogP contribution is 2.30. The number of rotatable bonds is 4. The van der Waals surface area contributed by atoms with Crippen LogP contribution in [0.2, 0.25) is 0 Å². The quantitative estimate of drug-likeness (QED) is 0.607. The standard InChI is InChI=1S/C20H22N4O4S2/c25-30(26,19-3-1-2-17-20(19)22-29-21-17)24-8-11-28-18-5-4-15(12-16(18)14-24)13-23-6-9-27-10-7-23/h1-5,12H,6-11,13-14H2. The summed E-state index contributed by atoms with van der Waals surface area (Å²) in [7, 11) is -3.73. The monoisotopic (exact) mass is 446 g/mol. The van der Waals surface area contributed by atoms with E-state index in [0.717, 1.165) is 61.5 Å². The van der Waals surface area contributed by atoms with Crippen molar-refractivity contribution in [1.29, 1.82) is 0 Å². The van der Waals surface area contributed by atoms with Gasteiger partial charge >= 0.3 is 0 Å². The van der Waals surface area contributed by atoms with E-state index in [-0.39, 0.29) is 18.0 Å². The molecule has 1 saturated heterocycles. The number of benzene rings is 2. The summed E-state index contributed by atoms with van der Waals surface area (Å²) in [6, 6.07) is 11.1. The number of fused-ring (bicyclic) bond motifs is 2. The Kier molecular flexibility index (Phi) is 5.42. The SMILES string of the molecule is O=S(=O)(c1cccc2nsnc12)N1CCOc2ccc(CN3CCOCC3)cc2C1. The summed E-state index contributed by atoms with van der Waals surface area (Å²) in [5.74, 6) is 0.743. The van der Waals surface area contributed by atoms with Gasteiger partial charge in [-0.2, -0.15) is 13.1 Å². The molecule has 8 nitrogen and oxygen atoms in total. The lowest BCUT2D eigenvalue weighted by Gasteiger charge is -2.27. The van der Waals surface area contributed by atoms with Crippen LogP contribution in [0.15, 0.2) is 41.3 Å². The van der Waals surface area contributed by atoms with Crippen molar-refractivity contribution in [2.24, 2.45) is 0 Å². The molecule has 1 aromatic heterocycles. The van der Waals surface area contributed by atoms with Crippen molar-refractivity contribution < 1.29 is 17.9 Å². The van der Waals surface area contributed by atoms with Gasteiger partial charge in [-0.25, -0.2) is 8.42 Å². The second-order valence-corrected chi connectivity index (χ2v) is 9.84. The van der Waals surface area contributed by atoms with Crippen LogP contribution in [0.4, 0.5) is 0 Å². The van der Waals surface area contributed by atoms with Gasteiger partial charge in [0, 0.05) is 38.3 Å².